The van der Waals surface area contributed by atoms with Crippen molar-refractivity contribution in [2.24, 2.45) is 0 Å². The Hall–Kier alpha value is -3.98. The molecule has 2 aromatic carbocycles. The number of nitriles is 1. The smallest absolute Gasteiger partial charge is 0.266 e. The van der Waals surface area contributed by atoms with E-state index in [-0.39, 0.29) is 18.2 Å². The largest absolute Gasteiger partial charge is 0.486 e. The van der Waals surface area contributed by atoms with Crippen LogP contribution in [0.2, 0.25) is 0 Å². The van der Waals surface area contributed by atoms with Gasteiger partial charge in [-0.3, -0.25) is 0 Å². The molecule has 0 bridgehead atoms. The lowest BCUT2D eigenvalue weighted by molar-refractivity contribution is 0.271. The van der Waals surface area contributed by atoms with Crippen molar-refractivity contribution in [1.82, 2.24) is 4.98 Å². The highest BCUT2D eigenvalue weighted by Crippen LogP contribution is 2.28. The Labute approximate surface area is 174 Å². The summed E-state index contributed by atoms with van der Waals surface area (Å²) >= 11 is 0. The van der Waals surface area contributed by atoms with E-state index in [9.17, 15) is 5.26 Å². The lowest BCUT2D eigenvalue weighted by Crippen LogP contribution is -1.99. The first kappa shape index (κ1) is 19.3. The van der Waals surface area contributed by atoms with Crippen LogP contribution < -0.4 is 10.1 Å². The third kappa shape index (κ3) is 4.53. The molecule has 6 nitrogen and oxygen atoms in total. The highest BCUT2D eigenvalue weighted by molar-refractivity contribution is 5.54. The molecule has 2 aromatic heterocycles. The number of nitrogens with zero attached hydrogens (tertiary/aromatic N) is 2. The van der Waals surface area contributed by atoms with Gasteiger partial charge in [-0.1, -0.05) is 42.0 Å². The monoisotopic (exact) mass is 399 g/mol. The molecular formula is C24H21N3O3. The molecule has 1 N–H and O–H groups in total. The lowest BCUT2D eigenvalue weighted by Gasteiger charge is -2.04. The minimum atomic E-state index is 0.186. The summed E-state index contributed by atoms with van der Waals surface area (Å²) in [4.78, 5) is 4.24. The Morgan fingerprint density at radius 3 is 2.60 bits per heavy atom. The maximum absolute atomic E-state index is 9.39. The number of furan rings is 1. The van der Waals surface area contributed by atoms with Crippen molar-refractivity contribution < 1.29 is 13.6 Å². The number of nitrogens with one attached hydrogen (secondary N) is 1. The zero-order chi connectivity index (χ0) is 20.9. The maximum atomic E-state index is 9.39. The fourth-order valence-electron chi connectivity index (χ4n) is 2.94. The van der Waals surface area contributed by atoms with E-state index in [2.05, 4.69) is 16.4 Å². The molecule has 0 radical (unpaired) electrons. The molecule has 0 saturated carbocycles. The summed E-state index contributed by atoms with van der Waals surface area (Å²) in [6, 6.07) is 21.6. The predicted octanol–water partition coefficient (Wildman–Crippen LogP) is 5.61. The predicted molar refractivity (Wildman–Crippen MR) is 113 cm³/mol. The van der Waals surface area contributed by atoms with Gasteiger partial charge in [-0.2, -0.15) is 10.2 Å². The molecule has 6 heteroatoms. The molecule has 0 amide bonds. The van der Waals surface area contributed by atoms with Crippen LogP contribution in [0.3, 0.4) is 0 Å². The van der Waals surface area contributed by atoms with Gasteiger partial charge in [0.05, 0.1) is 0 Å². The van der Waals surface area contributed by atoms with Crippen LogP contribution in [0.4, 0.5) is 5.88 Å². The Balaban J connectivity index is 1.44. The number of ether oxygens (including phenoxy) is 1. The van der Waals surface area contributed by atoms with Crippen LogP contribution in [-0.4, -0.2) is 4.98 Å². The van der Waals surface area contributed by atoms with Crippen LogP contribution in [0, 0.1) is 25.2 Å². The fourth-order valence-corrected chi connectivity index (χ4v) is 2.94. The van der Waals surface area contributed by atoms with Crippen molar-refractivity contribution in [2.45, 2.75) is 27.0 Å². The third-order valence-corrected chi connectivity index (χ3v) is 4.55. The zero-order valence-corrected chi connectivity index (χ0v) is 16.8. The van der Waals surface area contributed by atoms with Gasteiger partial charge < -0.3 is 18.9 Å². The summed E-state index contributed by atoms with van der Waals surface area (Å²) in [5, 5.41) is 12.5. The maximum Gasteiger partial charge on any atom is 0.266 e. The van der Waals surface area contributed by atoms with E-state index in [0.717, 1.165) is 16.9 Å². The van der Waals surface area contributed by atoms with E-state index >= 15 is 0 Å². The van der Waals surface area contributed by atoms with Crippen molar-refractivity contribution in [1.29, 1.82) is 5.26 Å². The molecular weight excluding hydrogens is 378 g/mol. The molecule has 0 saturated heterocycles. The second-order valence-corrected chi connectivity index (χ2v) is 7.02. The van der Waals surface area contributed by atoms with Crippen molar-refractivity contribution in [2.75, 3.05) is 5.32 Å². The summed E-state index contributed by atoms with van der Waals surface area (Å²) in [6.07, 6.45) is 0. The van der Waals surface area contributed by atoms with Crippen LogP contribution in [0.15, 0.2) is 69.5 Å². The summed E-state index contributed by atoms with van der Waals surface area (Å²) in [7, 11) is 0. The first-order valence-corrected chi connectivity index (χ1v) is 9.59. The molecule has 0 aliphatic carbocycles. The van der Waals surface area contributed by atoms with E-state index in [1.54, 1.807) is 12.1 Å². The average molecular weight is 399 g/mol. The average Bonchev–Trinajstić information content (AvgIpc) is 3.39. The number of aryl methyl sites for hydroxylation is 2. The Morgan fingerprint density at radius 2 is 1.83 bits per heavy atom. The van der Waals surface area contributed by atoms with E-state index < -0.39 is 0 Å². The number of anilines is 1. The van der Waals surface area contributed by atoms with Gasteiger partial charge in [0.15, 0.2) is 5.76 Å². The molecule has 4 aromatic rings. The number of hydrogen-bond acceptors (Lipinski definition) is 6. The van der Waals surface area contributed by atoms with Gasteiger partial charge in [0.25, 0.3) is 5.89 Å². The number of hydrogen-bond donors (Lipinski definition) is 1. The summed E-state index contributed by atoms with van der Waals surface area (Å²) in [6.45, 7) is 4.86. The number of benzene rings is 2. The second-order valence-electron chi connectivity index (χ2n) is 7.02. The van der Waals surface area contributed by atoms with Crippen molar-refractivity contribution >= 4 is 5.88 Å². The van der Waals surface area contributed by atoms with Crippen LogP contribution in [0.5, 0.6) is 5.75 Å². The molecule has 0 unspecified atom stereocenters. The van der Waals surface area contributed by atoms with Gasteiger partial charge in [0, 0.05) is 6.54 Å². The summed E-state index contributed by atoms with van der Waals surface area (Å²) in [5.74, 6) is 2.43. The van der Waals surface area contributed by atoms with Gasteiger partial charge in [-0.25, -0.2) is 0 Å². The normalized spacial score (nSPS) is 10.6. The Morgan fingerprint density at radius 1 is 1.00 bits per heavy atom. The molecule has 30 heavy (non-hydrogen) atoms. The Kier molecular flexibility index (Phi) is 5.53. The molecule has 150 valence electrons. The van der Waals surface area contributed by atoms with Crippen molar-refractivity contribution in [3.63, 3.8) is 0 Å². The molecule has 4 rings (SSSR count). The molecule has 0 atom stereocenters. The van der Waals surface area contributed by atoms with E-state index in [0.29, 0.717) is 23.9 Å². The van der Waals surface area contributed by atoms with Gasteiger partial charge in [0.1, 0.15) is 24.2 Å². The lowest BCUT2D eigenvalue weighted by atomic mass is 10.1. The number of oxazole rings is 1. The minimum Gasteiger partial charge on any atom is -0.486 e. The van der Waals surface area contributed by atoms with Gasteiger partial charge in [-0.05, 0) is 49.2 Å². The van der Waals surface area contributed by atoms with Crippen LogP contribution in [0.1, 0.15) is 28.1 Å². The first-order valence-electron chi connectivity index (χ1n) is 9.59. The van der Waals surface area contributed by atoms with Crippen LogP contribution in [-0.2, 0) is 13.2 Å². The van der Waals surface area contributed by atoms with Crippen LogP contribution >= 0.6 is 0 Å². The number of aromatic nitrogens is 1. The first-order chi connectivity index (χ1) is 14.6. The molecule has 0 fully saturated rings. The number of rotatable bonds is 7. The van der Waals surface area contributed by atoms with Crippen molar-refractivity contribution in [3.05, 3.63) is 88.8 Å². The standard InChI is InChI=1S/C24H21N3O3/c1-16-6-8-18(9-7-16)14-26-23-21(13-25)27-24(30-23)22-11-10-20(29-22)15-28-19-5-3-4-17(2)12-19/h3-12,26H,14-15H2,1-2H3. The minimum absolute atomic E-state index is 0.186. The quantitative estimate of drug-likeness (QED) is 0.434. The summed E-state index contributed by atoms with van der Waals surface area (Å²) < 4.78 is 17.3. The second kappa shape index (κ2) is 8.58. The SMILES string of the molecule is Cc1ccc(CNc2oc(-c3ccc(COc4cccc(C)c4)o3)nc2C#N)cc1. The van der Waals surface area contributed by atoms with Gasteiger partial charge in [0.2, 0.25) is 11.6 Å². The van der Waals surface area contributed by atoms with E-state index in [4.69, 9.17) is 13.6 Å². The van der Waals surface area contributed by atoms with Gasteiger partial charge >= 0.3 is 0 Å². The van der Waals surface area contributed by atoms with Crippen LogP contribution in [0.25, 0.3) is 11.7 Å². The fraction of sp³-hybridized carbons (Fsp3) is 0.167. The van der Waals surface area contributed by atoms with E-state index in [1.807, 2.05) is 62.4 Å². The zero-order valence-electron chi connectivity index (χ0n) is 16.8. The van der Waals surface area contributed by atoms with Gasteiger partial charge in [-0.15, -0.1) is 0 Å². The molecule has 0 aliphatic heterocycles. The molecule has 0 spiro atoms. The third-order valence-electron chi connectivity index (χ3n) is 4.55. The summed E-state index contributed by atoms with van der Waals surface area (Å²) in [5.41, 5.74) is 3.59. The van der Waals surface area contributed by atoms with Crippen molar-refractivity contribution in [3.8, 4) is 23.5 Å². The highest BCUT2D eigenvalue weighted by Gasteiger charge is 2.17. The molecule has 0 aliphatic rings. The highest BCUT2D eigenvalue weighted by atomic mass is 16.5. The Bertz CT molecular complexity index is 1180. The molecule has 2 heterocycles. The van der Waals surface area contributed by atoms with E-state index in [1.165, 1.54) is 5.56 Å². The topological polar surface area (TPSA) is 84.2 Å².